The molecule has 2 aromatic rings. The van der Waals surface area contributed by atoms with Crippen LogP contribution < -0.4 is 14.9 Å². The third-order valence-corrected chi connectivity index (χ3v) is 5.45. The lowest BCUT2D eigenvalue weighted by molar-refractivity contribution is -0.121. The third kappa shape index (κ3) is 5.28. The van der Waals surface area contributed by atoms with Crippen LogP contribution in [0.2, 0.25) is 0 Å². The quantitative estimate of drug-likeness (QED) is 0.543. The van der Waals surface area contributed by atoms with Crippen molar-refractivity contribution in [1.29, 1.82) is 0 Å². The van der Waals surface area contributed by atoms with Gasteiger partial charge in [0.1, 0.15) is 16.4 Å². The highest BCUT2D eigenvalue weighted by Crippen LogP contribution is 2.29. The Labute approximate surface area is 158 Å². The number of amides is 1. The van der Waals surface area contributed by atoms with Crippen LogP contribution in [0.3, 0.4) is 0 Å². The Morgan fingerprint density at radius 1 is 1.15 bits per heavy atom. The Morgan fingerprint density at radius 3 is 2.48 bits per heavy atom. The number of methoxy groups -OCH3 is 2. The van der Waals surface area contributed by atoms with Crippen molar-refractivity contribution >= 4 is 22.1 Å². The average molecular weight is 391 g/mol. The Balaban J connectivity index is 2.08. The van der Waals surface area contributed by atoms with Crippen molar-refractivity contribution in [2.75, 3.05) is 27.8 Å². The molecular formula is C18H21N3O5S. The summed E-state index contributed by atoms with van der Waals surface area (Å²) in [6.45, 7) is -0.408. The van der Waals surface area contributed by atoms with Crippen LogP contribution in [0.1, 0.15) is 5.56 Å². The van der Waals surface area contributed by atoms with Crippen molar-refractivity contribution < 1.29 is 22.7 Å². The first-order valence-electron chi connectivity index (χ1n) is 7.94. The molecule has 0 heterocycles. The molecule has 1 N–H and O–H groups in total. The first kappa shape index (κ1) is 20.4. The molecule has 8 nitrogen and oxygen atoms in total. The summed E-state index contributed by atoms with van der Waals surface area (Å²) in [6.07, 6.45) is 1.47. The van der Waals surface area contributed by atoms with Crippen molar-refractivity contribution in [1.82, 2.24) is 9.73 Å². The second kappa shape index (κ2) is 9.15. The molecule has 0 saturated carbocycles. The molecule has 1 amide bonds. The predicted octanol–water partition coefficient (Wildman–Crippen LogP) is 1.47. The number of hydrogen-bond donors (Lipinski definition) is 1. The first-order chi connectivity index (χ1) is 12.9. The third-order valence-electron chi connectivity index (χ3n) is 3.63. The first-order valence-corrected chi connectivity index (χ1v) is 9.38. The van der Waals surface area contributed by atoms with E-state index in [1.807, 2.05) is 30.3 Å². The summed E-state index contributed by atoms with van der Waals surface area (Å²) >= 11 is 0. The number of hydrogen-bond acceptors (Lipinski definition) is 6. The smallest absolute Gasteiger partial charge is 0.255 e. The summed E-state index contributed by atoms with van der Waals surface area (Å²) in [5.41, 5.74) is 3.11. The van der Waals surface area contributed by atoms with Gasteiger partial charge in [-0.3, -0.25) is 4.79 Å². The minimum atomic E-state index is -3.97. The van der Waals surface area contributed by atoms with E-state index in [1.165, 1.54) is 39.6 Å². The average Bonchev–Trinajstić information content (AvgIpc) is 2.68. The minimum absolute atomic E-state index is 0.0903. The number of nitrogens with zero attached hydrogens (tertiary/aromatic N) is 2. The van der Waals surface area contributed by atoms with Gasteiger partial charge in [0.05, 0.1) is 27.0 Å². The Bertz CT molecular complexity index is 914. The van der Waals surface area contributed by atoms with E-state index < -0.39 is 22.5 Å². The maximum Gasteiger partial charge on any atom is 0.255 e. The van der Waals surface area contributed by atoms with Crippen molar-refractivity contribution in [2.24, 2.45) is 5.10 Å². The number of sulfonamides is 1. The van der Waals surface area contributed by atoms with Gasteiger partial charge in [0.15, 0.2) is 0 Å². The second-order valence-corrected chi connectivity index (χ2v) is 7.50. The fourth-order valence-corrected chi connectivity index (χ4v) is 3.49. The van der Waals surface area contributed by atoms with E-state index in [1.54, 1.807) is 6.07 Å². The van der Waals surface area contributed by atoms with Gasteiger partial charge in [0.2, 0.25) is 10.0 Å². The van der Waals surface area contributed by atoms with Gasteiger partial charge in [-0.25, -0.2) is 13.8 Å². The van der Waals surface area contributed by atoms with Crippen LogP contribution in [0, 0.1) is 0 Å². The minimum Gasteiger partial charge on any atom is -0.497 e. The van der Waals surface area contributed by atoms with Gasteiger partial charge in [-0.05, 0) is 17.7 Å². The maximum absolute atomic E-state index is 12.8. The number of carbonyl (C=O) groups is 1. The molecule has 0 bridgehead atoms. The second-order valence-electron chi connectivity index (χ2n) is 5.48. The van der Waals surface area contributed by atoms with E-state index in [-0.39, 0.29) is 10.6 Å². The SMILES string of the molecule is COc1ccc(OC)c(S(=O)(=O)N(C)CC(=O)N/N=C\c2ccccc2)c1. The highest BCUT2D eigenvalue weighted by molar-refractivity contribution is 7.89. The van der Waals surface area contributed by atoms with Gasteiger partial charge in [0.25, 0.3) is 5.91 Å². The van der Waals surface area contributed by atoms with Crippen LogP contribution in [-0.4, -0.2) is 52.7 Å². The molecule has 0 atom stereocenters. The van der Waals surface area contributed by atoms with Crippen molar-refractivity contribution in [3.63, 3.8) is 0 Å². The lowest BCUT2D eigenvalue weighted by Crippen LogP contribution is -2.36. The van der Waals surface area contributed by atoms with E-state index in [2.05, 4.69) is 10.5 Å². The predicted molar refractivity (Wildman–Crippen MR) is 102 cm³/mol. The van der Waals surface area contributed by atoms with Crippen molar-refractivity contribution in [3.05, 3.63) is 54.1 Å². The largest absolute Gasteiger partial charge is 0.497 e. The van der Waals surface area contributed by atoms with Gasteiger partial charge in [-0.15, -0.1) is 0 Å². The van der Waals surface area contributed by atoms with Crippen molar-refractivity contribution in [3.8, 4) is 11.5 Å². The number of nitrogens with one attached hydrogen (secondary N) is 1. The lowest BCUT2D eigenvalue weighted by atomic mass is 10.2. The zero-order valence-electron chi connectivity index (χ0n) is 15.2. The molecule has 0 aromatic heterocycles. The molecule has 0 unspecified atom stereocenters. The molecule has 0 aliphatic heterocycles. The van der Waals surface area contributed by atoms with Gasteiger partial charge in [-0.1, -0.05) is 30.3 Å². The van der Waals surface area contributed by atoms with Crippen molar-refractivity contribution in [2.45, 2.75) is 4.90 Å². The van der Waals surface area contributed by atoms with E-state index in [4.69, 9.17) is 9.47 Å². The number of ether oxygens (including phenoxy) is 2. The molecule has 0 radical (unpaired) electrons. The van der Waals surface area contributed by atoms with Crippen LogP contribution in [0.15, 0.2) is 58.5 Å². The molecule has 144 valence electrons. The topological polar surface area (TPSA) is 97.3 Å². The van der Waals surface area contributed by atoms with Gasteiger partial charge >= 0.3 is 0 Å². The summed E-state index contributed by atoms with van der Waals surface area (Å²) in [6, 6.07) is 13.6. The summed E-state index contributed by atoms with van der Waals surface area (Å²) in [7, 11) is 0.127. The molecule has 2 aromatic carbocycles. The molecule has 2 rings (SSSR count). The van der Waals surface area contributed by atoms with Crippen LogP contribution in [0.4, 0.5) is 0 Å². The number of hydrazone groups is 1. The fourth-order valence-electron chi connectivity index (χ4n) is 2.19. The van der Waals surface area contributed by atoms with E-state index in [9.17, 15) is 13.2 Å². The molecule has 0 spiro atoms. The highest BCUT2D eigenvalue weighted by Gasteiger charge is 2.27. The highest BCUT2D eigenvalue weighted by atomic mass is 32.2. The Morgan fingerprint density at radius 2 is 1.85 bits per heavy atom. The monoisotopic (exact) mass is 391 g/mol. The molecule has 0 saturated heterocycles. The molecule has 0 aliphatic carbocycles. The van der Waals surface area contributed by atoms with Gasteiger partial charge < -0.3 is 9.47 Å². The molecule has 0 aliphatic rings. The van der Waals surface area contributed by atoms with Gasteiger partial charge in [-0.2, -0.15) is 9.41 Å². The number of rotatable bonds is 8. The summed E-state index contributed by atoms with van der Waals surface area (Å²) in [4.78, 5) is 11.9. The zero-order chi connectivity index (χ0) is 19.9. The molecular weight excluding hydrogens is 370 g/mol. The fraction of sp³-hybridized carbons (Fsp3) is 0.222. The van der Waals surface area contributed by atoms with Crippen LogP contribution >= 0.6 is 0 Å². The molecule has 9 heteroatoms. The summed E-state index contributed by atoms with van der Waals surface area (Å²) < 4.78 is 36.7. The van der Waals surface area contributed by atoms with E-state index in [0.29, 0.717) is 5.75 Å². The van der Waals surface area contributed by atoms with Crippen LogP contribution in [0.5, 0.6) is 11.5 Å². The number of benzene rings is 2. The Kier molecular flexibility index (Phi) is 6.91. The van der Waals surface area contributed by atoms with E-state index in [0.717, 1.165) is 9.87 Å². The van der Waals surface area contributed by atoms with Crippen LogP contribution in [-0.2, 0) is 14.8 Å². The standard InChI is InChI=1S/C18H21N3O5S/c1-21(13-18(22)20-19-12-14-7-5-4-6-8-14)27(23,24)17-11-15(25-2)9-10-16(17)26-3/h4-12H,13H2,1-3H3,(H,20,22)/b19-12-. The maximum atomic E-state index is 12.8. The van der Waals surface area contributed by atoms with Gasteiger partial charge in [0, 0.05) is 13.1 Å². The molecule has 0 fully saturated rings. The normalized spacial score (nSPS) is 11.6. The zero-order valence-corrected chi connectivity index (χ0v) is 16.1. The summed E-state index contributed by atoms with van der Waals surface area (Å²) in [5, 5.41) is 3.82. The number of carbonyl (C=O) groups excluding carboxylic acids is 1. The molecule has 27 heavy (non-hydrogen) atoms. The number of likely N-dealkylation sites (N-methyl/N-ethyl adjacent to an activating group) is 1. The Hall–Kier alpha value is -2.91. The summed E-state index contributed by atoms with van der Waals surface area (Å²) in [5.74, 6) is -0.0556. The van der Waals surface area contributed by atoms with E-state index >= 15 is 0 Å². The van der Waals surface area contributed by atoms with Crippen LogP contribution in [0.25, 0.3) is 0 Å². The lowest BCUT2D eigenvalue weighted by Gasteiger charge is -2.18.